The molecule has 2 heteroatoms. The topological polar surface area (TPSA) is 26.3 Å². The fraction of sp³-hybridized carbons (Fsp3) is 0.533. The highest BCUT2D eigenvalue weighted by atomic mass is 16.5. The van der Waals surface area contributed by atoms with Gasteiger partial charge in [0, 0.05) is 6.42 Å². The summed E-state index contributed by atoms with van der Waals surface area (Å²) in [6.07, 6.45) is 3.68. The van der Waals surface area contributed by atoms with Crippen LogP contribution in [0.4, 0.5) is 0 Å². The number of benzene rings is 1. The Hall–Kier alpha value is -1.31. The van der Waals surface area contributed by atoms with Crippen LogP contribution >= 0.6 is 0 Å². The normalized spacial score (nSPS) is 12.1. The SMILES string of the molecule is CCOC(=O)C[C@@H](CC)CCc1ccccc1. The van der Waals surface area contributed by atoms with E-state index in [-0.39, 0.29) is 5.97 Å². The van der Waals surface area contributed by atoms with E-state index in [9.17, 15) is 4.79 Å². The molecule has 0 fully saturated rings. The lowest BCUT2D eigenvalue weighted by Gasteiger charge is -2.13. The summed E-state index contributed by atoms with van der Waals surface area (Å²) in [6, 6.07) is 10.4. The fourth-order valence-corrected chi connectivity index (χ4v) is 1.92. The number of carbonyl (C=O) groups is 1. The average molecular weight is 234 g/mol. The van der Waals surface area contributed by atoms with E-state index in [1.807, 2.05) is 13.0 Å². The van der Waals surface area contributed by atoms with Crippen LogP contribution in [-0.4, -0.2) is 12.6 Å². The van der Waals surface area contributed by atoms with Crippen LogP contribution in [0, 0.1) is 5.92 Å². The first kappa shape index (κ1) is 13.8. The fourth-order valence-electron chi connectivity index (χ4n) is 1.92. The Bertz CT molecular complexity index is 319. The van der Waals surface area contributed by atoms with Gasteiger partial charge < -0.3 is 4.74 Å². The smallest absolute Gasteiger partial charge is 0.306 e. The third-order valence-corrected chi connectivity index (χ3v) is 3.02. The highest BCUT2D eigenvalue weighted by molar-refractivity contribution is 5.69. The molecule has 0 saturated heterocycles. The third-order valence-electron chi connectivity index (χ3n) is 3.02. The molecule has 0 unspecified atom stereocenters. The van der Waals surface area contributed by atoms with Crippen LogP contribution in [0.25, 0.3) is 0 Å². The maximum atomic E-state index is 11.4. The molecule has 0 heterocycles. The Balaban J connectivity index is 2.34. The molecule has 2 nitrogen and oxygen atoms in total. The minimum absolute atomic E-state index is 0.0626. The third kappa shape index (κ3) is 5.53. The zero-order valence-electron chi connectivity index (χ0n) is 10.8. The summed E-state index contributed by atoms with van der Waals surface area (Å²) in [6.45, 7) is 4.46. The van der Waals surface area contributed by atoms with Crippen LogP contribution in [0.5, 0.6) is 0 Å². The Labute approximate surface area is 104 Å². The van der Waals surface area contributed by atoms with Crippen molar-refractivity contribution in [3.63, 3.8) is 0 Å². The average Bonchev–Trinajstić information content (AvgIpc) is 2.36. The molecule has 0 aliphatic rings. The molecule has 94 valence electrons. The van der Waals surface area contributed by atoms with Gasteiger partial charge in [0.2, 0.25) is 0 Å². The molecule has 1 aromatic rings. The molecule has 1 rings (SSSR count). The summed E-state index contributed by atoms with van der Waals surface area (Å²) in [5.41, 5.74) is 1.34. The molecule has 1 aromatic carbocycles. The van der Waals surface area contributed by atoms with Gasteiger partial charge in [-0.3, -0.25) is 4.79 Å². The zero-order valence-corrected chi connectivity index (χ0v) is 10.8. The van der Waals surface area contributed by atoms with Crippen LogP contribution in [0.3, 0.4) is 0 Å². The first-order chi connectivity index (χ1) is 8.26. The van der Waals surface area contributed by atoms with Crippen molar-refractivity contribution in [3.05, 3.63) is 35.9 Å². The summed E-state index contributed by atoms with van der Waals surface area (Å²) in [4.78, 5) is 11.4. The van der Waals surface area contributed by atoms with E-state index in [4.69, 9.17) is 4.74 Å². The minimum atomic E-state index is -0.0626. The van der Waals surface area contributed by atoms with Crippen molar-refractivity contribution in [1.82, 2.24) is 0 Å². The number of hydrogen-bond acceptors (Lipinski definition) is 2. The standard InChI is InChI=1S/C15H22O2/c1-3-13(12-15(16)17-4-2)10-11-14-8-6-5-7-9-14/h5-9,13H,3-4,10-12H2,1-2H3/t13-/m0/s1. The molecule has 0 spiro atoms. The summed E-state index contributed by atoms with van der Waals surface area (Å²) < 4.78 is 4.99. The quantitative estimate of drug-likeness (QED) is 0.674. The highest BCUT2D eigenvalue weighted by Crippen LogP contribution is 2.17. The van der Waals surface area contributed by atoms with Gasteiger partial charge in [-0.2, -0.15) is 0 Å². The van der Waals surface area contributed by atoms with E-state index in [0.717, 1.165) is 19.3 Å². The van der Waals surface area contributed by atoms with Gasteiger partial charge >= 0.3 is 5.97 Å². The van der Waals surface area contributed by atoms with Gasteiger partial charge in [0.05, 0.1) is 6.61 Å². The van der Waals surface area contributed by atoms with Crippen molar-refractivity contribution in [2.45, 2.75) is 39.5 Å². The number of aryl methyl sites for hydroxylation is 1. The van der Waals surface area contributed by atoms with Crippen molar-refractivity contribution in [2.75, 3.05) is 6.61 Å². The molecule has 0 amide bonds. The molecule has 17 heavy (non-hydrogen) atoms. The molecule has 0 aliphatic carbocycles. The second-order valence-electron chi connectivity index (χ2n) is 4.31. The van der Waals surface area contributed by atoms with Crippen LogP contribution in [0.1, 0.15) is 38.7 Å². The monoisotopic (exact) mass is 234 g/mol. The number of rotatable bonds is 7. The van der Waals surface area contributed by atoms with Gasteiger partial charge in [-0.15, -0.1) is 0 Å². The van der Waals surface area contributed by atoms with E-state index in [1.165, 1.54) is 5.56 Å². The molecular weight excluding hydrogens is 212 g/mol. The molecule has 0 bridgehead atoms. The van der Waals surface area contributed by atoms with Crippen molar-refractivity contribution >= 4 is 5.97 Å². The Morgan fingerprint density at radius 3 is 2.53 bits per heavy atom. The van der Waals surface area contributed by atoms with Gasteiger partial charge in [0.15, 0.2) is 0 Å². The lowest BCUT2D eigenvalue weighted by Crippen LogP contribution is -2.11. The molecule has 0 aromatic heterocycles. The molecule has 1 atom stereocenters. The summed E-state index contributed by atoms with van der Waals surface area (Å²) in [7, 11) is 0. The van der Waals surface area contributed by atoms with Crippen LogP contribution in [0.2, 0.25) is 0 Å². The number of hydrogen-bond donors (Lipinski definition) is 0. The van der Waals surface area contributed by atoms with Crippen LogP contribution in [0.15, 0.2) is 30.3 Å². The first-order valence-corrected chi connectivity index (χ1v) is 6.45. The summed E-state index contributed by atoms with van der Waals surface area (Å²) >= 11 is 0. The molecule has 0 radical (unpaired) electrons. The van der Waals surface area contributed by atoms with Crippen molar-refractivity contribution < 1.29 is 9.53 Å². The van der Waals surface area contributed by atoms with Gasteiger partial charge in [-0.1, -0.05) is 43.7 Å². The van der Waals surface area contributed by atoms with Gasteiger partial charge in [-0.05, 0) is 31.2 Å². The van der Waals surface area contributed by atoms with Crippen molar-refractivity contribution in [3.8, 4) is 0 Å². The predicted molar refractivity (Wildman–Crippen MR) is 69.8 cm³/mol. The van der Waals surface area contributed by atoms with Gasteiger partial charge in [0.25, 0.3) is 0 Å². The van der Waals surface area contributed by atoms with Gasteiger partial charge in [-0.25, -0.2) is 0 Å². The second kappa shape index (κ2) is 7.88. The zero-order chi connectivity index (χ0) is 12.5. The largest absolute Gasteiger partial charge is 0.466 e. The van der Waals surface area contributed by atoms with E-state index in [2.05, 4.69) is 31.2 Å². The van der Waals surface area contributed by atoms with Crippen molar-refractivity contribution in [2.24, 2.45) is 5.92 Å². The second-order valence-corrected chi connectivity index (χ2v) is 4.31. The van der Waals surface area contributed by atoms with E-state index in [0.29, 0.717) is 18.9 Å². The Morgan fingerprint density at radius 1 is 1.24 bits per heavy atom. The van der Waals surface area contributed by atoms with Crippen molar-refractivity contribution in [1.29, 1.82) is 0 Å². The molecule has 0 aliphatic heterocycles. The van der Waals surface area contributed by atoms with E-state index in [1.54, 1.807) is 0 Å². The number of ether oxygens (including phenoxy) is 1. The Morgan fingerprint density at radius 2 is 1.94 bits per heavy atom. The summed E-state index contributed by atoms with van der Waals surface area (Å²) in [5.74, 6) is 0.377. The van der Waals surface area contributed by atoms with E-state index < -0.39 is 0 Å². The highest BCUT2D eigenvalue weighted by Gasteiger charge is 2.12. The lowest BCUT2D eigenvalue weighted by molar-refractivity contribution is -0.144. The van der Waals surface area contributed by atoms with Crippen LogP contribution < -0.4 is 0 Å². The predicted octanol–water partition coefficient (Wildman–Crippen LogP) is 3.60. The number of carbonyl (C=O) groups excluding carboxylic acids is 1. The minimum Gasteiger partial charge on any atom is -0.466 e. The van der Waals surface area contributed by atoms with Crippen LogP contribution in [-0.2, 0) is 16.0 Å². The maximum Gasteiger partial charge on any atom is 0.306 e. The molecular formula is C15H22O2. The number of esters is 1. The van der Waals surface area contributed by atoms with Gasteiger partial charge in [0.1, 0.15) is 0 Å². The first-order valence-electron chi connectivity index (χ1n) is 6.45. The molecule has 0 N–H and O–H groups in total. The Kier molecular flexibility index (Phi) is 6.38. The molecule has 0 saturated carbocycles. The lowest BCUT2D eigenvalue weighted by atomic mass is 9.94. The maximum absolute atomic E-state index is 11.4. The van der Waals surface area contributed by atoms with E-state index >= 15 is 0 Å². The summed E-state index contributed by atoms with van der Waals surface area (Å²) in [5, 5.41) is 0.